The van der Waals surface area contributed by atoms with Crippen LogP contribution in [-0.4, -0.2) is 24.3 Å². The number of nitrogens with one attached hydrogen (secondary N) is 1. The second-order valence-corrected chi connectivity index (χ2v) is 10.5. The van der Waals surface area contributed by atoms with Gasteiger partial charge in [-0.15, -0.1) is 22.7 Å². The fraction of sp³-hybridized carbons (Fsp3) is 0.269. The van der Waals surface area contributed by atoms with Crippen molar-refractivity contribution >= 4 is 49.8 Å². The molecule has 1 saturated carbocycles. The van der Waals surface area contributed by atoms with Crippen LogP contribution in [0.25, 0.3) is 9.40 Å². The van der Waals surface area contributed by atoms with E-state index in [4.69, 9.17) is 14.0 Å². The van der Waals surface area contributed by atoms with Gasteiger partial charge in [0.25, 0.3) is 0 Å². The average molecular weight is 507 g/mol. The molecular weight excluding hydrogens is 484 g/mol. The number of methoxy groups -OCH3 is 1. The lowest BCUT2D eigenvalue weighted by Gasteiger charge is -2.13. The molecular formula is C26H22N2O5S2. The molecule has 35 heavy (non-hydrogen) atoms. The van der Waals surface area contributed by atoms with E-state index in [0.717, 1.165) is 37.6 Å². The molecule has 1 amide bonds. The van der Waals surface area contributed by atoms with E-state index in [-0.39, 0.29) is 11.7 Å². The number of aromatic nitrogens is 1. The SMILES string of the molecule is COC(=O)C1(c2cc3sc(C#Cc4onc(C)c4NC(=O)OC(C)c4ccccc4)cc3s2)CC1. The third kappa shape index (κ3) is 4.55. The van der Waals surface area contributed by atoms with Gasteiger partial charge in [0, 0.05) is 14.3 Å². The normalized spacial score (nSPS) is 14.6. The number of hydrogen-bond acceptors (Lipinski definition) is 8. The molecule has 1 aliphatic carbocycles. The molecule has 0 saturated heterocycles. The number of benzene rings is 1. The molecule has 7 nitrogen and oxygen atoms in total. The van der Waals surface area contributed by atoms with Crippen LogP contribution in [0, 0.1) is 18.8 Å². The number of esters is 1. The van der Waals surface area contributed by atoms with E-state index in [1.54, 1.807) is 36.5 Å². The summed E-state index contributed by atoms with van der Waals surface area (Å²) in [4.78, 5) is 26.5. The zero-order valence-electron chi connectivity index (χ0n) is 19.3. The first-order valence-electron chi connectivity index (χ1n) is 11.0. The third-order valence-electron chi connectivity index (χ3n) is 5.95. The van der Waals surface area contributed by atoms with Crippen LogP contribution in [-0.2, 0) is 19.7 Å². The van der Waals surface area contributed by atoms with E-state index in [2.05, 4.69) is 28.4 Å². The maximum Gasteiger partial charge on any atom is 0.412 e. The van der Waals surface area contributed by atoms with Gasteiger partial charge in [0.2, 0.25) is 5.76 Å². The van der Waals surface area contributed by atoms with Crippen LogP contribution in [0.2, 0.25) is 0 Å². The van der Waals surface area contributed by atoms with Crippen LogP contribution in [0.3, 0.4) is 0 Å². The van der Waals surface area contributed by atoms with Gasteiger partial charge in [-0.05, 0) is 56.2 Å². The number of hydrogen-bond donors (Lipinski definition) is 1. The summed E-state index contributed by atoms with van der Waals surface area (Å²) in [7, 11) is 1.43. The molecule has 9 heteroatoms. The fourth-order valence-corrected chi connectivity index (χ4v) is 6.29. The maximum atomic E-state index is 12.5. The Bertz CT molecular complexity index is 1440. The van der Waals surface area contributed by atoms with Gasteiger partial charge in [0.1, 0.15) is 22.9 Å². The topological polar surface area (TPSA) is 90.7 Å². The van der Waals surface area contributed by atoms with Crippen molar-refractivity contribution in [2.75, 3.05) is 12.4 Å². The molecule has 0 spiro atoms. The molecule has 0 bridgehead atoms. The molecule has 1 fully saturated rings. The summed E-state index contributed by atoms with van der Waals surface area (Å²) >= 11 is 3.15. The average Bonchev–Trinajstić information content (AvgIpc) is 3.28. The largest absolute Gasteiger partial charge is 0.468 e. The van der Waals surface area contributed by atoms with Crippen LogP contribution in [0.4, 0.5) is 10.5 Å². The number of rotatable bonds is 5. The Hall–Kier alpha value is -3.61. The van der Waals surface area contributed by atoms with Crippen molar-refractivity contribution < 1.29 is 23.6 Å². The first-order valence-corrected chi connectivity index (χ1v) is 12.7. The van der Waals surface area contributed by atoms with Crippen LogP contribution in [0.15, 0.2) is 47.0 Å². The minimum absolute atomic E-state index is 0.163. The lowest BCUT2D eigenvalue weighted by atomic mass is 10.1. The Morgan fingerprint density at radius 1 is 1.14 bits per heavy atom. The lowest BCUT2D eigenvalue weighted by Crippen LogP contribution is -2.20. The number of aryl methyl sites for hydroxylation is 1. The summed E-state index contributed by atoms with van der Waals surface area (Å²) in [6.07, 6.45) is 0.629. The second-order valence-electron chi connectivity index (χ2n) is 8.33. The van der Waals surface area contributed by atoms with Gasteiger partial charge >= 0.3 is 12.1 Å². The number of fused-ring (bicyclic) bond motifs is 1. The molecule has 1 aromatic carbocycles. The summed E-state index contributed by atoms with van der Waals surface area (Å²) in [5.41, 5.74) is 1.32. The molecule has 0 aliphatic heterocycles. The zero-order valence-corrected chi connectivity index (χ0v) is 21.0. The quantitative estimate of drug-likeness (QED) is 0.257. The monoisotopic (exact) mass is 506 g/mol. The van der Waals surface area contributed by atoms with E-state index in [0.29, 0.717) is 11.4 Å². The molecule has 3 heterocycles. The Morgan fingerprint density at radius 2 is 1.89 bits per heavy atom. The highest BCUT2D eigenvalue weighted by molar-refractivity contribution is 7.28. The summed E-state index contributed by atoms with van der Waals surface area (Å²) in [5, 5.41) is 6.64. The Labute approximate surface area is 210 Å². The predicted molar refractivity (Wildman–Crippen MR) is 135 cm³/mol. The second kappa shape index (κ2) is 9.21. The molecule has 1 N–H and O–H groups in total. The van der Waals surface area contributed by atoms with Crippen molar-refractivity contribution in [3.63, 3.8) is 0 Å². The lowest BCUT2D eigenvalue weighted by molar-refractivity contribution is -0.143. The number of anilines is 1. The molecule has 1 unspecified atom stereocenters. The minimum Gasteiger partial charge on any atom is -0.468 e. The highest BCUT2D eigenvalue weighted by atomic mass is 32.1. The van der Waals surface area contributed by atoms with Gasteiger partial charge in [-0.25, -0.2) is 4.79 Å². The molecule has 5 rings (SSSR count). The number of thiophene rings is 2. The van der Waals surface area contributed by atoms with Crippen LogP contribution >= 0.6 is 22.7 Å². The first kappa shape index (κ1) is 23.1. The summed E-state index contributed by atoms with van der Waals surface area (Å²) in [5.74, 6) is 6.16. The van der Waals surface area contributed by atoms with Crippen LogP contribution in [0.1, 0.15) is 52.6 Å². The van der Waals surface area contributed by atoms with E-state index in [1.807, 2.05) is 36.4 Å². The minimum atomic E-state index is -0.612. The summed E-state index contributed by atoms with van der Waals surface area (Å²) in [6.45, 7) is 3.53. The first-order chi connectivity index (χ1) is 16.9. The standard InChI is InChI=1S/C26H22N2O5S2/c1-15-23(27-25(30)32-16(2)17-7-5-4-6-8-17)19(33-28-15)10-9-18-13-20-21(34-18)14-22(35-20)26(11-12-26)24(29)31-3/h4-8,13-14,16H,11-12H2,1-3H3,(H,27,30). The van der Waals surface area contributed by atoms with Gasteiger partial charge in [0.05, 0.1) is 12.0 Å². The number of amides is 1. The molecule has 3 aromatic heterocycles. The van der Waals surface area contributed by atoms with Crippen molar-refractivity contribution in [2.24, 2.45) is 0 Å². The highest BCUT2D eigenvalue weighted by Gasteiger charge is 2.53. The van der Waals surface area contributed by atoms with Gasteiger partial charge in [-0.2, -0.15) is 0 Å². The van der Waals surface area contributed by atoms with E-state index >= 15 is 0 Å². The molecule has 0 radical (unpaired) electrons. The zero-order chi connectivity index (χ0) is 24.6. The van der Waals surface area contributed by atoms with Gasteiger partial charge in [0.15, 0.2) is 0 Å². The van der Waals surface area contributed by atoms with Crippen LogP contribution < -0.4 is 5.32 Å². The van der Waals surface area contributed by atoms with Crippen molar-refractivity contribution in [3.8, 4) is 11.8 Å². The Balaban J connectivity index is 1.30. The van der Waals surface area contributed by atoms with Gasteiger partial charge in [-0.1, -0.05) is 35.5 Å². The number of carbonyl (C=O) groups excluding carboxylic acids is 2. The smallest absolute Gasteiger partial charge is 0.412 e. The van der Waals surface area contributed by atoms with Gasteiger partial charge in [-0.3, -0.25) is 10.1 Å². The molecule has 178 valence electrons. The third-order valence-corrected chi connectivity index (χ3v) is 8.36. The van der Waals surface area contributed by atoms with Crippen molar-refractivity contribution in [2.45, 2.75) is 38.2 Å². The van der Waals surface area contributed by atoms with E-state index < -0.39 is 17.6 Å². The molecule has 4 aromatic rings. The van der Waals surface area contributed by atoms with Crippen molar-refractivity contribution in [1.82, 2.24) is 5.16 Å². The number of nitrogens with zero attached hydrogens (tertiary/aromatic N) is 1. The van der Waals surface area contributed by atoms with Crippen molar-refractivity contribution in [1.29, 1.82) is 0 Å². The molecule has 1 atom stereocenters. The predicted octanol–water partition coefficient (Wildman–Crippen LogP) is 6.17. The molecule has 1 aliphatic rings. The fourth-order valence-electron chi connectivity index (χ4n) is 3.81. The number of carbonyl (C=O) groups is 2. The van der Waals surface area contributed by atoms with E-state index in [9.17, 15) is 9.59 Å². The van der Waals surface area contributed by atoms with E-state index in [1.165, 1.54) is 7.11 Å². The summed E-state index contributed by atoms with van der Waals surface area (Å²) in [6, 6.07) is 13.6. The Morgan fingerprint density at radius 3 is 2.57 bits per heavy atom. The van der Waals surface area contributed by atoms with Crippen molar-refractivity contribution in [3.05, 3.63) is 69.2 Å². The maximum absolute atomic E-state index is 12.5. The highest BCUT2D eigenvalue weighted by Crippen LogP contribution is 2.53. The van der Waals surface area contributed by atoms with Crippen LogP contribution in [0.5, 0.6) is 0 Å². The van der Waals surface area contributed by atoms with Gasteiger partial charge < -0.3 is 14.0 Å². The number of ether oxygens (including phenoxy) is 2. The summed E-state index contributed by atoms with van der Waals surface area (Å²) < 4.78 is 18.0. The Kier molecular flexibility index (Phi) is 6.09.